The average molecular weight is 83.1 g/mol. The number of hydrogen-bond acceptors (Lipinski definition) is 3. The van der Waals surface area contributed by atoms with Crippen LogP contribution in [0, 0.1) is 0 Å². The van der Waals surface area contributed by atoms with E-state index in [0.717, 1.165) is 6.54 Å². The van der Waals surface area contributed by atoms with E-state index >= 15 is 0 Å². The van der Waals surface area contributed by atoms with Crippen molar-refractivity contribution in [2.75, 3.05) is 6.54 Å². The van der Waals surface area contributed by atoms with Gasteiger partial charge in [-0.1, -0.05) is 0 Å². The molecule has 0 spiro atoms. The Kier molecular flexibility index (Phi) is 0.859. The average Bonchev–Trinajstić information content (AvgIpc) is 1.72. The molecule has 1 N–H and O–H groups in total. The van der Waals surface area contributed by atoms with Crippen molar-refractivity contribution < 1.29 is 0 Å². The van der Waals surface area contributed by atoms with Crippen LogP contribution in [0.2, 0.25) is 0 Å². The zero-order chi connectivity index (χ0) is 4.24. The Morgan fingerprint density at radius 2 is 2.83 bits per heavy atom. The molecule has 0 fully saturated rings. The van der Waals surface area contributed by atoms with Crippen LogP contribution in [0.25, 0.3) is 0 Å². The fourth-order valence-electron chi connectivity index (χ4n) is 0.268. The summed E-state index contributed by atoms with van der Waals surface area (Å²) in [5, 5.41) is 9.91. The molecule has 0 aromatic carbocycles. The van der Waals surface area contributed by atoms with Gasteiger partial charge in [0.15, 0.2) is 0 Å². The van der Waals surface area contributed by atoms with E-state index in [1.54, 1.807) is 12.6 Å². The van der Waals surface area contributed by atoms with E-state index in [0.29, 0.717) is 0 Å². The molecular weight excluding hydrogens is 78.1 g/mol. The SMILES string of the molecule is C1=N[N+]=CNC1. The highest BCUT2D eigenvalue weighted by Crippen LogP contribution is 1.54. The second kappa shape index (κ2) is 1.55. The van der Waals surface area contributed by atoms with Crippen LogP contribution in [0.15, 0.2) is 5.10 Å². The molecule has 0 aromatic rings. The molecule has 1 aliphatic heterocycles. The van der Waals surface area contributed by atoms with Gasteiger partial charge >= 0.3 is 6.34 Å². The predicted octanol–water partition coefficient (Wildman–Crippen LogP) is -1.06. The zero-order valence-corrected chi connectivity index (χ0v) is 3.26. The molecule has 3 nitrogen and oxygen atoms in total. The maximum atomic E-state index is 3.56. The Bertz CT molecular complexity index is 72.0. The lowest BCUT2D eigenvalue weighted by Crippen LogP contribution is -2.19. The van der Waals surface area contributed by atoms with Crippen LogP contribution in [-0.4, -0.2) is 19.1 Å². The first-order chi connectivity index (χ1) is 3.00. The highest BCUT2D eigenvalue weighted by atomic mass is 15.2. The molecule has 0 atom stereocenters. The number of hydrogen-bond donors (Lipinski definition) is 1. The third kappa shape index (κ3) is 0.544. The molecule has 31 valence electrons. The summed E-state index contributed by atoms with van der Waals surface area (Å²) in [4.78, 5) is 0. The summed E-state index contributed by atoms with van der Waals surface area (Å²) in [6, 6.07) is 0. The lowest BCUT2D eigenvalue weighted by atomic mass is 10.7. The van der Waals surface area contributed by atoms with Crippen LogP contribution in [0.3, 0.4) is 0 Å². The van der Waals surface area contributed by atoms with Crippen LogP contribution < -0.4 is 10.4 Å². The van der Waals surface area contributed by atoms with Crippen molar-refractivity contribution in [3.8, 4) is 0 Å². The van der Waals surface area contributed by atoms with Gasteiger partial charge in [-0.05, 0) is 5.10 Å². The fourth-order valence-corrected chi connectivity index (χ4v) is 0.268. The third-order valence-corrected chi connectivity index (χ3v) is 0.506. The van der Waals surface area contributed by atoms with Crippen LogP contribution >= 0.6 is 0 Å². The summed E-state index contributed by atoms with van der Waals surface area (Å²) >= 11 is 0. The van der Waals surface area contributed by atoms with Crippen molar-refractivity contribution in [1.29, 1.82) is 0 Å². The van der Waals surface area contributed by atoms with Gasteiger partial charge in [0.05, 0.1) is 11.3 Å². The van der Waals surface area contributed by atoms with Crippen LogP contribution in [0.4, 0.5) is 0 Å². The van der Waals surface area contributed by atoms with Gasteiger partial charge < -0.3 is 0 Å². The molecule has 0 aliphatic carbocycles. The largest absolute Gasteiger partial charge is 0.308 e. The van der Waals surface area contributed by atoms with Gasteiger partial charge in [-0.3, -0.25) is 5.32 Å². The molecule has 0 aromatic heterocycles. The van der Waals surface area contributed by atoms with Gasteiger partial charge in [0.2, 0.25) is 0 Å². The van der Waals surface area contributed by atoms with Gasteiger partial charge in [-0.15, -0.1) is 0 Å². The van der Waals surface area contributed by atoms with E-state index in [-0.39, 0.29) is 0 Å². The maximum absolute atomic E-state index is 3.56. The van der Waals surface area contributed by atoms with Crippen molar-refractivity contribution in [3.05, 3.63) is 0 Å². The molecule has 0 unspecified atom stereocenters. The lowest BCUT2D eigenvalue weighted by molar-refractivity contribution is 0.984. The van der Waals surface area contributed by atoms with Crippen LogP contribution in [0.5, 0.6) is 0 Å². The summed E-state index contributed by atoms with van der Waals surface area (Å²) in [5.74, 6) is 0. The van der Waals surface area contributed by atoms with E-state index in [1.807, 2.05) is 0 Å². The molecule has 0 saturated carbocycles. The number of rotatable bonds is 0. The highest BCUT2D eigenvalue weighted by Gasteiger charge is 1.87. The Hall–Kier alpha value is -0.860. The predicted molar refractivity (Wildman–Crippen MR) is 24.7 cm³/mol. The molecule has 0 bridgehead atoms. The highest BCUT2D eigenvalue weighted by molar-refractivity contribution is 5.68. The first-order valence-corrected chi connectivity index (χ1v) is 1.77. The topological polar surface area (TPSA) is 38.5 Å². The molecular formula is C3H5N3+. The van der Waals surface area contributed by atoms with Gasteiger partial charge in [0.25, 0.3) is 0 Å². The minimum atomic E-state index is 0.809. The van der Waals surface area contributed by atoms with Crippen molar-refractivity contribution in [2.24, 2.45) is 5.10 Å². The normalized spacial score (nSPS) is 17.3. The minimum absolute atomic E-state index is 0.809. The Balaban J connectivity index is 2.46. The second-order valence-electron chi connectivity index (χ2n) is 0.951. The van der Waals surface area contributed by atoms with Gasteiger partial charge in [0.1, 0.15) is 6.54 Å². The Morgan fingerprint density at radius 3 is 3.00 bits per heavy atom. The van der Waals surface area contributed by atoms with E-state index in [2.05, 4.69) is 15.5 Å². The molecule has 1 heterocycles. The molecule has 0 amide bonds. The summed E-state index contributed by atoms with van der Waals surface area (Å²) in [7, 11) is 0. The van der Waals surface area contributed by atoms with Crippen molar-refractivity contribution >= 4 is 12.6 Å². The van der Waals surface area contributed by atoms with Crippen LogP contribution in [-0.2, 0) is 0 Å². The summed E-state index contributed by atoms with van der Waals surface area (Å²) in [6.45, 7) is 0.809. The van der Waals surface area contributed by atoms with E-state index < -0.39 is 0 Å². The monoisotopic (exact) mass is 83.0 g/mol. The van der Waals surface area contributed by atoms with Crippen LogP contribution in [0.1, 0.15) is 0 Å². The lowest BCUT2D eigenvalue weighted by Gasteiger charge is -1.80. The molecule has 0 saturated heterocycles. The van der Waals surface area contributed by atoms with E-state index in [1.165, 1.54) is 0 Å². The Morgan fingerprint density at radius 1 is 1.83 bits per heavy atom. The molecule has 1 rings (SSSR count). The number of nitrogens with one attached hydrogen (secondary N) is 1. The van der Waals surface area contributed by atoms with Crippen molar-refractivity contribution in [1.82, 2.24) is 10.4 Å². The van der Waals surface area contributed by atoms with Gasteiger partial charge in [0, 0.05) is 0 Å². The molecule has 3 heteroatoms. The van der Waals surface area contributed by atoms with E-state index in [9.17, 15) is 0 Å². The van der Waals surface area contributed by atoms with Crippen molar-refractivity contribution in [2.45, 2.75) is 0 Å². The summed E-state index contributed by atoms with van der Waals surface area (Å²) in [6.07, 6.45) is 3.28. The number of nitrogens with zero attached hydrogens (tertiary/aromatic N) is 2. The van der Waals surface area contributed by atoms with Crippen molar-refractivity contribution in [3.63, 3.8) is 0 Å². The molecule has 1 radical (unpaired) electrons. The molecule has 6 heavy (non-hydrogen) atoms. The second-order valence-corrected chi connectivity index (χ2v) is 0.951. The zero-order valence-electron chi connectivity index (χ0n) is 3.26. The first-order valence-electron chi connectivity index (χ1n) is 1.77. The Labute approximate surface area is 35.8 Å². The van der Waals surface area contributed by atoms with Gasteiger partial charge in [-0.2, -0.15) is 0 Å². The fraction of sp³-hybridized carbons (Fsp3) is 0.333. The summed E-state index contributed by atoms with van der Waals surface area (Å²) in [5.41, 5.74) is 0. The quantitative estimate of drug-likeness (QED) is 0.398. The standard InChI is InChI=1S/C3H5N3/c1-2-5-6-3-4-1/h2-4H,1H2/q+1. The third-order valence-electron chi connectivity index (χ3n) is 0.506. The molecule has 1 aliphatic rings. The van der Waals surface area contributed by atoms with Gasteiger partial charge in [-0.25, -0.2) is 0 Å². The first kappa shape index (κ1) is 3.33. The minimum Gasteiger partial charge on any atom is -0.270 e. The maximum Gasteiger partial charge on any atom is 0.308 e. The smallest absolute Gasteiger partial charge is 0.270 e. The summed E-state index contributed by atoms with van der Waals surface area (Å²) < 4.78 is 0. The van der Waals surface area contributed by atoms with E-state index in [4.69, 9.17) is 0 Å².